The summed E-state index contributed by atoms with van der Waals surface area (Å²) in [4.78, 5) is 11.2. The van der Waals surface area contributed by atoms with Crippen LogP contribution in [0.3, 0.4) is 0 Å². The van der Waals surface area contributed by atoms with Gasteiger partial charge in [0.2, 0.25) is 0 Å². The number of aromatic hydroxyl groups is 1. The molecular formula is C53H93O5P. The zero-order valence-electron chi connectivity index (χ0n) is 39.9. The molecule has 2 N–H and O–H groups in total. The molecule has 0 aliphatic heterocycles. The van der Waals surface area contributed by atoms with Gasteiger partial charge >= 0.3 is 7.82 Å². The molecule has 2 aromatic rings. The number of rotatable bonds is 34. The van der Waals surface area contributed by atoms with Crippen molar-refractivity contribution in [2.24, 2.45) is 17.3 Å². The molecule has 5 nitrogen and oxygen atoms in total. The maximum absolute atomic E-state index is 13.7. The van der Waals surface area contributed by atoms with Crippen LogP contribution in [0.15, 0.2) is 42.5 Å². The third kappa shape index (κ3) is 23.4. The van der Waals surface area contributed by atoms with Gasteiger partial charge in [-0.3, -0.25) is 9.05 Å². The van der Waals surface area contributed by atoms with Crippen LogP contribution < -0.4 is 0 Å². The molecule has 0 radical (unpaired) electrons. The zero-order chi connectivity index (χ0) is 43.6. The molecule has 0 aliphatic rings. The molecule has 2 aromatic carbocycles. The number of phosphoric ester groups is 1. The zero-order valence-corrected chi connectivity index (χ0v) is 40.8. The highest BCUT2D eigenvalue weighted by atomic mass is 31.2. The second-order valence-corrected chi connectivity index (χ2v) is 21.7. The average Bonchev–Trinajstić information content (AvgIpc) is 3.17. The first-order valence-electron chi connectivity index (χ1n) is 24.6. The summed E-state index contributed by atoms with van der Waals surface area (Å²) in [5.74, 6) is 0.740. The third-order valence-electron chi connectivity index (χ3n) is 12.8. The number of hydrogen-bond donors (Lipinski definition) is 2. The Morgan fingerprint density at radius 1 is 0.627 bits per heavy atom. The van der Waals surface area contributed by atoms with Crippen LogP contribution in [0.2, 0.25) is 0 Å². The van der Waals surface area contributed by atoms with Crippen molar-refractivity contribution in [1.82, 2.24) is 0 Å². The Morgan fingerprint density at radius 3 is 1.64 bits per heavy atom. The van der Waals surface area contributed by atoms with Crippen molar-refractivity contribution in [3.63, 3.8) is 0 Å². The highest BCUT2D eigenvalue weighted by Gasteiger charge is 2.34. The Morgan fingerprint density at radius 2 is 1.14 bits per heavy atom. The predicted octanol–water partition coefficient (Wildman–Crippen LogP) is 16.8. The molecule has 6 heteroatoms. The molecule has 340 valence electrons. The van der Waals surface area contributed by atoms with Crippen molar-refractivity contribution in [2.75, 3.05) is 6.61 Å². The molecule has 0 amide bonds. The molecular weight excluding hydrogens is 748 g/mol. The first-order chi connectivity index (χ1) is 28.1. The summed E-state index contributed by atoms with van der Waals surface area (Å²) in [7, 11) is -4.35. The largest absolute Gasteiger partial charge is 0.507 e. The minimum absolute atomic E-state index is 0.111. The van der Waals surface area contributed by atoms with Gasteiger partial charge in [-0.1, -0.05) is 227 Å². The van der Waals surface area contributed by atoms with Crippen molar-refractivity contribution in [3.05, 3.63) is 64.7 Å². The summed E-state index contributed by atoms with van der Waals surface area (Å²) in [6.07, 6.45) is 30.5. The van der Waals surface area contributed by atoms with Crippen LogP contribution in [0.1, 0.15) is 232 Å². The second kappa shape index (κ2) is 29.6. The Kier molecular flexibility index (Phi) is 26.8. The van der Waals surface area contributed by atoms with E-state index in [1.807, 2.05) is 30.3 Å². The molecule has 0 fully saturated rings. The SMILES string of the molecule is CCCCCCCCCCCCCCCc1ccc(C(C)(C)C)c(O)c1CC(C)C(CCC(CCCCCCCCC)C(C)(C)C)OP(=O)(O)OCCc1ccccc1. The van der Waals surface area contributed by atoms with Gasteiger partial charge in [0.25, 0.3) is 0 Å². The smallest absolute Gasteiger partial charge is 0.472 e. The maximum atomic E-state index is 13.7. The van der Waals surface area contributed by atoms with Crippen LogP contribution in [0.5, 0.6) is 5.75 Å². The van der Waals surface area contributed by atoms with E-state index in [-0.39, 0.29) is 23.4 Å². The Balaban J connectivity index is 2.18. The minimum Gasteiger partial charge on any atom is -0.507 e. The second-order valence-electron chi connectivity index (χ2n) is 20.3. The van der Waals surface area contributed by atoms with Gasteiger partial charge in [-0.25, -0.2) is 4.57 Å². The van der Waals surface area contributed by atoms with E-state index in [9.17, 15) is 14.6 Å². The fourth-order valence-corrected chi connectivity index (χ4v) is 9.86. The molecule has 4 atom stereocenters. The highest BCUT2D eigenvalue weighted by molar-refractivity contribution is 7.47. The van der Waals surface area contributed by atoms with E-state index in [0.29, 0.717) is 30.9 Å². The van der Waals surface area contributed by atoms with Gasteiger partial charge in [-0.2, -0.15) is 0 Å². The van der Waals surface area contributed by atoms with E-state index in [2.05, 4.69) is 74.4 Å². The van der Waals surface area contributed by atoms with Gasteiger partial charge in [-0.05, 0) is 89.9 Å². The number of hydrogen-bond acceptors (Lipinski definition) is 4. The molecule has 4 unspecified atom stereocenters. The standard InChI is InChI=1S/C53H93O5P/c1-10-12-14-16-18-19-20-21-22-23-25-26-31-35-46-37-39-49(53(7,8)9)51(54)48(46)43-44(3)50(58-59(55,56)57-42-41-45-33-29-28-30-34-45)40-38-47(52(4,5)6)36-32-27-24-17-15-13-11-2/h28-30,33-34,37,39,44,47,50,54H,10-27,31-32,35-36,38,40-43H2,1-9H3,(H,55,56). The predicted molar refractivity (Wildman–Crippen MR) is 255 cm³/mol. The van der Waals surface area contributed by atoms with Crippen LogP contribution in [0.4, 0.5) is 0 Å². The molecule has 2 rings (SSSR count). The first-order valence-corrected chi connectivity index (χ1v) is 26.1. The van der Waals surface area contributed by atoms with Crippen LogP contribution in [0.25, 0.3) is 0 Å². The molecule has 0 saturated heterocycles. The maximum Gasteiger partial charge on any atom is 0.472 e. The monoisotopic (exact) mass is 841 g/mol. The van der Waals surface area contributed by atoms with E-state index in [1.165, 1.54) is 128 Å². The quantitative estimate of drug-likeness (QED) is 0.0542. The summed E-state index contributed by atoms with van der Waals surface area (Å²) in [6.45, 7) is 20.3. The van der Waals surface area contributed by atoms with Crippen molar-refractivity contribution >= 4 is 7.82 Å². The normalized spacial score (nSPS) is 14.9. The summed E-state index contributed by atoms with van der Waals surface area (Å²) >= 11 is 0. The fourth-order valence-electron chi connectivity index (χ4n) is 8.82. The number of phenols is 1. The summed E-state index contributed by atoms with van der Waals surface area (Å²) < 4.78 is 25.5. The van der Waals surface area contributed by atoms with Gasteiger partial charge in [0.05, 0.1) is 12.7 Å². The van der Waals surface area contributed by atoms with E-state index in [1.54, 1.807) is 0 Å². The van der Waals surface area contributed by atoms with E-state index < -0.39 is 13.9 Å². The number of phenolic OH excluding ortho intramolecular Hbond substituents is 1. The lowest BCUT2D eigenvalue weighted by Crippen LogP contribution is -2.28. The van der Waals surface area contributed by atoms with Gasteiger partial charge in [-0.15, -0.1) is 0 Å². The van der Waals surface area contributed by atoms with Crippen LogP contribution in [-0.2, 0) is 38.3 Å². The number of unbranched alkanes of at least 4 members (excludes halogenated alkanes) is 18. The van der Waals surface area contributed by atoms with Crippen LogP contribution in [0, 0.1) is 17.3 Å². The van der Waals surface area contributed by atoms with Crippen molar-refractivity contribution < 1.29 is 23.6 Å². The fraction of sp³-hybridized carbons (Fsp3) is 0.774. The average molecular weight is 841 g/mol. The molecule has 0 saturated carbocycles. The summed E-state index contributed by atoms with van der Waals surface area (Å²) in [5, 5.41) is 11.9. The van der Waals surface area contributed by atoms with E-state index in [4.69, 9.17) is 9.05 Å². The molecule has 59 heavy (non-hydrogen) atoms. The lowest BCUT2D eigenvalue weighted by Gasteiger charge is -2.34. The molecule has 0 bridgehead atoms. The van der Waals surface area contributed by atoms with Crippen molar-refractivity contribution in [2.45, 2.75) is 241 Å². The van der Waals surface area contributed by atoms with Gasteiger partial charge in [0.1, 0.15) is 5.75 Å². The topological polar surface area (TPSA) is 76.0 Å². The van der Waals surface area contributed by atoms with Gasteiger partial charge in [0, 0.05) is 0 Å². The minimum atomic E-state index is -4.35. The number of phosphoric acid groups is 1. The Labute approximate surface area is 365 Å². The third-order valence-corrected chi connectivity index (χ3v) is 13.9. The van der Waals surface area contributed by atoms with Crippen LogP contribution >= 0.6 is 7.82 Å². The van der Waals surface area contributed by atoms with E-state index in [0.717, 1.165) is 42.4 Å². The molecule has 0 heterocycles. The van der Waals surface area contributed by atoms with Crippen molar-refractivity contribution in [1.29, 1.82) is 0 Å². The Hall–Kier alpha value is -1.65. The molecule has 0 aliphatic carbocycles. The summed E-state index contributed by atoms with van der Waals surface area (Å²) in [5.41, 5.74) is 4.08. The van der Waals surface area contributed by atoms with Gasteiger partial charge < -0.3 is 10.00 Å². The molecule has 0 aromatic heterocycles. The number of aryl methyl sites for hydroxylation is 1. The lowest BCUT2D eigenvalue weighted by molar-refractivity contribution is 0.0584. The summed E-state index contributed by atoms with van der Waals surface area (Å²) in [6, 6.07) is 14.3. The Bertz CT molecular complexity index is 1390. The first kappa shape index (κ1) is 53.5. The van der Waals surface area contributed by atoms with Crippen LogP contribution in [-0.4, -0.2) is 22.7 Å². The number of benzene rings is 2. The van der Waals surface area contributed by atoms with Crippen molar-refractivity contribution in [3.8, 4) is 5.75 Å². The van der Waals surface area contributed by atoms with E-state index >= 15 is 0 Å². The lowest BCUT2D eigenvalue weighted by atomic mass is 9.74. The van der Waals surface area contributed by atoms with Gasteiger partial charge in [0.15, 0.2) is 0 Å². The highest BCUT2D eigenvalue weighted by Crippen LogP contribution is 2.48. The molecule has 0 spiro atoms.